The second-order valence-corrected chi connectivity index (χ2v) is 16.8. The van der Waals surface area contributed by atoms with Crippen molar-refractivity contribution in [2.45, 2.75) is 24.4 Å². The molecule has 1 aliphatic rings. The quantitative estimate of drug-likeness (QED) is 0.178. The standard InChI is InChI=1S/C21H23N7O3S.C13H17N5O4S2/c1-27(2)16(29)5-6-28(3)21(30)20-26-17-18(23-11-24-19(17)32-20)25-14-7-12-9-22-10-13(12)8-15(14)31-4;1-17(2)8(19)5-6-18(3)13(20)11-16-9-10(23-11)14-7-15-12(9)24(4,21)22/h7-9,11H,5-6,10H2,1-4H3,(H,23,24,25);7H,5-6H2,1-4H3. The van der Waals surface area contributed by atoms with Gasteiger partial charge >= 0.3 is 0 Å². The predicted octanol–water partition coefficient (Wildman–Crippen LogP) is 2.36. The van der Waals surface area contributed by atoms with Gasteiger partial charge in [0.15, 0.2) is 30.7 Å². The SMILES string of the molecule is CN(C)C(=O)CCN(C)C(=O)c1nc2c(S(C)(=O)=O)ncnc2s1.COc1cc2c(cc1Nc1ncnc3sc(C(=O)N(C)CCC(=O)N(C)C)nc13)C=NC2. The summed E-state index contributed by atoms with van der Waals surface area (Å²) in [4.78, 5) is 84.6. The molecule has 1 aliphatic heterocycles. The van der Waals surface area contributed by atoms with Crippen LogP contribution in [0.15, 0.2) is 34.8 Å². The van der Waals surface area contributed by atoms with E-state index in [1.54, 1.807) is 49.4 Å². The molecule has 0 saturated heterocycles. The van der Waals surface area contributed by atoms with Crippen LogP contribution in [0.25, 0.3) is 20.7 Å². The highest BCUT2D eigenvalue weighted by molar-refractivity contribution is 7.90. The van der Waals surface area contributed by atoms with Gasteiger partial charge in [0.1, 0.15) is 39.1 Å². The number of nitrogens with one attached hydrogen (secondary N) is 1. The largest absolute Gasteiger partial charge is 0.495 e. The second kappa shape index (κ2) is 17.4. The molecule has 1 N–H and O–H groups in total. The van der Waals surface area contributed by atoms with Gasteiger partial charge in [-0.15, -0.1) is 0 Å². The molecule has 22 heteroatoms. The number of aliphatic imine (C=N–C) groups is 1. The Kier molecular flexibility index (Phi) is 12.9. The third kappa shape index (κ3) is 9.55. The van der Waals surface area contributed by atoms with Crippen molar-refractivity contribution in [1.82, 2.24) is 49.5 Å². The summed E-state index contributed by atoms with van der Waals surface area (Å²) in [5.41, 5.74) is 3.42. The minimum atomic E-state index is -3.58. The molecule has 4 amide bonds. The van der Waals surface area contributed by atoms with Crippen LogP contribution in [0.1, 0.15) is 43.6 Å². The molecule has 0 bridgehead atoms. The third-order valence-electron chi connectivity index (χ3n) is 8.29. The van der Waals surface area contributed by atoms with Crippen LogP contribution in [0.5, 0.6) is 5.75 Å². The predicted molar refractivity (Wildman–Crippen MR) is 212 cm³/mol. The minimum Gasteiger partial charge on any atom is -0.495 e. The number of fused-ring (bicyclic) bond motifs is 3. The van der Waals surface area contributed by atoms with E-state index in [1.165, 1.54) is 37.3 Å². The highest BCUT2D eigenvalue weighted by Crippen LogP contribution is 2.34. The Morgan fingerprint density at radius 2 is 1.32 bits per heavy atom. The highest BCUT2D eigenvalue weighted by atomic mass is 32.2. The molecule has 296 valence electrons. The van der Waals surface area contributed by atoms with E-state index in [4.69, 9.17) is 4.74 Å². The highest BCUT2D eigenvalue weighted by Gasteiger charge is 2.24. The zero-order valence-corrected chi connectivity index (χ0v) is 34.4. The summed E-state index contributed by atoms with van der Waals surface area (Å²) in [6.07, 6.45) is 5.84. The molecule has 5 aromatic rings. The van der Waals surface area contributed by atoms with Crippen molar-refractivity contribution in [3.05, 3.63) is 45.9 Å². The molecular weight excluding hydrogens is 785 g/mol. The Bertz CT molecular complexity index is 2450. The second-order valence-electron chi connectivity index (χ2n) is 12.9. The molecular formula is C34H40N12O7S3. The maximum absolute atomic E-state index is 12.8. The summed E-state index contributed by atoms with van der Waals surface area (Å²) in [5.74, 6) is 0.339. The van der Waals surface area contributed by atoms with Crippen molar-refractivity contribution in [3.8, 4) is 5.75 Å². The summed E-state index contributed by atoms with van der Waals surface area (Å²) in [5, 5.41) is 3.46. The van der Waals surface area contributed by atoms with Gasteiger partial charge in [0.05, 0.1) is 19.3 Å². The minimum absolute atomic E-state index is 0.0420. The number of amides is 4. The number of nitrogens with zero attached hydrogens (tertiary/aromatic N) is 11. The number of benzene rings is 1. The zero-order valence-electron chi connectivity index (χ0n) is 31.9. The van der Waals surface area contributed by atoms with Gasteiger partial charge in [-0.1, -0.05) is 22.7 Å². The van der Waals surface area contributed by atoms with E-state index in [1.807, 2.05) is 18.3 Å². The Morgan fingerprint density at radius 1 is 0.786 bits per heavy atom. The van der Waals surface area contributed by atoms with E-state index in [-0.39, 0.29) is 57.7 Å². The van der Waals surface area contributed by atoms with E-state index in [0.717, 1.165) is 40.7 Å². The number of hydrogen-bond acceptors (Lipinski definition) is 17. The number of aromatic nitrogens is 6. The third-order valence-corrected chi connectivity index (χ3v) is 11.2. The summed E-state index contributed by atoms with van der Waals surface area (Å²) in [6.45, 7) is 1.17. The summed E-state index contributed by atoms with van der Waals surface area (Å²) in [7, 11) is 7.90. The Balaban J connectivity index is 0.000000224. The average Bonchev–Trinajstić information content (AvgIpc) is 3.93. The molecule has 0 unspecified atom stereocenters. The number of thiazole rings is 2. The molecule has 0 fully saturated rings. The van der Waals surface area contributed by atoms with Crippen LogP contribution in [0.4, 0.5) is 11.5 Å². The molecule has 6 rings (SSSR count). The maximum atomic E-state index is 12.8. The van der Waals surface area contributed by atoms with Gasteiger partial charge in [-0.3, -0.25) is 24.2 Å². The summed E-state index contributed by atoms with van der Waals surface area (Å²) in [6, 6.07) is 3.90. The number of hydrogen-bond donors (Lipinski definition) is 1. The van der Waals surface area contributed by atoms with Crippen LogP contribution in [0.3, 0.4) is 0 Å². The van der Waals surface area contributed by atoms with Crippen LogP contribution in [0, 0.1) is 0 Å². The zero-order chi connectivity index (χ0) is 40.9. The van der Waals surface area contributed by atoms with Crippen LogP contribution in [-0.4, -0.2) is 157 Å². The van der Waals surface area contributed by atoms with Crippen LogP contribution >= 0.6 is 22.7 Å². The van der Waals surface area contributed by atoms with Crippen molar-refractivity contribution < 1.29 is 32.3 Å². The summed E-state index contributed by atoms with van der Waals surface area (Å²) < 4.78 is 29.0. The van der Waals surface area contributed by atoms with E-state index < -0.39 is 15.7 Å². The number of ether oxygens (including phenoxy) is 1. The first-order chi connectivity index (χ1) is 26.5. The number of carbonyl (C=O) groups is 4. The van der Waals surface area contributed by atoms with Crippen LogP contribution in [-0.2, 0) is 26.0 Å². The van der Waals surface area contributed by atoms with Gasteiger partial charge in [-0.2, -0.15) is 0 Å². The number of anilines is 2. The first-order valence-electron chi connectivity index (χ1n) is 16.8. The fourth-order valence-electron chi connectivity index (χ4n) is 5.07. The lowest BCUT2D eigenvalue weighted by molar-refractivity contribution is -0.129. The Morgan fingerprint density at radius 3 is 1.86 bits per heavy atom. The lowest BCUT2D eigenvalue weighted by Crippen LogP contribution is -2.32. The first-order valence-corrected chi connectivity index (χ1v) is 20.3. The molecule has 0 spiro atoms. The van der Waals surface area contributed by atoms with Gasteiger partial charge in [-0.25, -0.2) is 38.3 Å². The molecule has 56 heavy (non-hydrogen) atoms. The van der Waals surface area contributed by atoms with Crippen molar-refractivity contribution >= 4 is 94.6 Å². The van der Waals surface area contributed by atoms with Crippen molar-refractivity contribution in [1.29, 1.82) is 0 Å². The Hall–Kier alpha value is -5.74. The molecule has 0 saturated carbocycles. The monoisotopic (exact) mass is 824 g/mol. The normalized spacial score (nSPS) is 11.8. The topological polar surface area (TPSA) is 226 Å². The molecule has 0 atom stereocenters. The van der Waals surface area contributed by atoms with Gasteiger partial charge in [0.25, 0.3) is 11.8 Å². The van der Waals surface area contributed by atoms with Gasteiger partial charge in [-0.05, 0) is 23.3 Å². The molecule has 19 nitrogen and oxygen atoms in total. The number of methoxy groups -OCH3 is 1. The fourth-order valence-corrected chi connectivity index (χ4v) is 7.67. The number of sulfone groups is 1. The van der Waals surface area contributed by atoms with Gasteiger partial charge in [0, 0.05) is 80.7 Å². The van der Waals surface area contributed by atoms with Crippen LogP contribution < -0.4 is 10.1 Å². The Labute approximate surface area is 330 Å². The van der Waals surface area contributed by atoms with Crippen molar-refractivity contribution in [3.63, 3.8) is 0 Å². The smallest absolute Gasteiger partial charge is 0.282 e. The van der Waals surface area contributed by atoms with E-state index in [0.29, 0.717) is 39.8 Å². The van der Waals surface area contributed by atoms with Crippen molar-refractivity contribution in [2.75, 3.05) is 74.1 Å². The molecule has 4 aromatic heterocycles. The van der Waals surface area contributed by atoms with Gasteiger partial charge < -0.3 is 29.7 Å². The van der Waals surface area contributed by atoms with E-state index in [9.17, 15) is 27.6 Å². The van der Waals surface area contributed by atoms with Gasteiger partial charge in [0.2, 0.25) is 11.8 Å². The first kappa shape index (κ1) is 41.4. The fraction of sp³-hybridized carbons (Fsp3) is 0.382. The molecule has 1 aromatic carbocycles. The molecule has 0 aliphatic carbocycles. The van der Waals surface area contributed by atoms with E-state index >= 15 is 0 Å². The van der Waals surface area contributed by atoms with Crippen LogP contribution in [0.2, 0.25) is 0 Å². The lowest BCUT2D eigenvalue weighted by atomic mass is 10.1. The van der Waals surface area contributed by atoms with Crippen molar-refractivity contribution in [2.24, 2.45) is 4.99 Å². The number of rotatable bonds is 12. The maximum Gasteiger partial charge on any atom is 0.282 e. The number of carbonyl (C=O) groups excluding carboxylic acids is 4. The lowest BCUT2D eigenvalue weighted by Gasteiger charge is -2.17. The molecule has 5 heterocycles. The van der Waals surface area contributed by atoms with E-state index in [2.05, 4.69) is 40.2 Å². The summed E-state index contributed by atoms with van der Waals surface area (Å²) >= 11 is 2.18. The average molecular weight is 825 g/mol. The molecule has 0 radical (unpaired) electrons.